The second kappa shape index (κ2) is 5.09. The molecule has 0 fully saturated rings. The number of aryl methyl sites for hydroxylation is 2. The van der Waals surface area contributed by atoms with Gasteiger partial charge in [0.05, 0.1) is 0 Å². The quantitative estimate of drug-likeness (QED) is 0.838. The average molecular weight is 233 g/mol. The summed E-state index contributed by atoms with van der Waals surface area (Å²) in [6, 6.07) is 6.70. The molecule has 0 unspecified atom stereocenters. The third-order valence-electron chi connectivity index (χ3n) is 3.55. The van der Waals surface area contributed by atoms with E-state index in [-0.39, 0.29) is 12.0 Å². The lowest BCUT2D eigenvalue weighted by Gasteiger charge is -2.23. The Morgan fingerprint density at radius 3 is 2.59 bits per heavy atom. The van der Waals surface area contributed by atoms with Crippen molar-refractivity contribution in [2.75, 3.05) is 18.5 Å². The van der Waals surface area contributed by atoms with Gasteiger partial charge in [-0.15, -0.1) is 0 Å². The predicted molar refractivity (Wildman–Crippen MR) is 72.4 cm³/mol. The molecule has 0 saturated heterocycles. The molecule has 0 amide bonds. The zero-order valence-electron chi connectivity index (χ0n) is 10.9. The molecule has 17 heavy (non-hydrogen) atoms. The maximum Gasteiger partial charge on any atom is 0.0498 e. The molecule has 0 atom stereocenters. The summed E-state index contributed by atoms with van der Waals surface area (Å²) in [5.74, 6) is 0. The third-order valence-corrected chi connectivity index (χ3v) is 3.55. The second-order valence-corrected chi connectivity index (χ2v) is 5.87. The number of nitrogens with one attached hydrogen (secondary N) is 1. The minimum Gasteiger partial charge on any atom is -0.396 e. The monoisotopic (exact) mass is 233 g/mol. The number of fused-ring (bicyclic) bond motifs is 1. The molecule has 1 aromatic carbocycles. The first-order valence-electron chi connectivity index (χ1n) is 6.57. The van der Waals surface area contributed by atoms with E-state index < -0.39 is 0 Å². The molecule has 0 spiro atoms. The smallest absolute Gasteiger partial charge is 0.0498 e. The number of anilines is 1. The summed E-state index contributed by atoms with van der Waals surface area (Å²) in [4.78, 5) is 0. The molecule has 0 heterocycles. The molecule has 0 bridgehead atoms. The van der Waals surface area contributed by atoms with Crippen LogP contribution in [-0.2, 0) is 12.8 Å². The van der Waals surface area contributed by atoms with Crippen molar-refractivity contribution < 1.29 is 5.11 Å². The standard InChI is InChI=1S/C15H23NO/c1-15(2,11-17)10-16-14-8-7-12-5-3-4-6-13(12)9-14/h7-9,16-17H,3-6,10-11H2,1-2H3. The summed E-state index contributed by atoms with van der Waals surface area (Å²) < 4.78 is 0. The largest absolute Gasteiger partial charge is 0.396 e. The van der Waals surface area contributed by atoms with E-state index in [4.69, 9.17) is 0 Å². The van der Waals surface area contributed by atoms with Crippen LogP contribution in [0.15, 0.2) is 18.2 Å². The first-order valence-corrected chi connectivity index (χ1v) is 6.57. The summed E-state index contributed by atoms with van der Waals surface area (Å²) >= 11 is 0. The van der Waals surface area contributed by atoms with Gasteiger partial charge in [-0.1, -0.05) is 19.9 Å². The zero-order chi connectivity index (χ0) is 12.3. The fourth-order valence-electron chi connectivity index (χ4n) is 2.24. The maximum absolute atomic E-state index is 9.22. The molecule has 2 rings (SSSR count). The predicted octanol–water partition coefficient (Wildman–Crippen LogP) is 3.00. The number of aliphatic hydroxyl groups is 1. The van der Waals surface area contributed by atoms with Gasteiger partial charge in [-0.2, -0.15) is 0 Å². The molecule has 2 N–H and O–H groups in total. The summed E-state index contributed by atoms with van der Waals surface area (Å²) in [6.45, 7) is 5.16. The zero-order valence-corrected chi connectivity index (χ0v) is 10.9. The van der Waals surface area contributed by atoms with Gasteiger partial charge >= 0.3 is 0 Å². The Bertz CT molecular complexity index is 385. The molecule has 1 aromatic rings. The van der Waals surface area contributed by atoms with Crippen LogP contribution in [0.25, 0.3) is 0 Å². The second-order valence-electron chi connectivity index (χ2n) is 5.87. The average Bonchev–Trinajstić information content (AvgIpc) is 2.36. The Morgan fingerprint density at radius 1 is 1.18 bits per heavy atom. The Balaban J connectivity index is 2.02. The summed E-state index contributed by atoms with van der Waals surface area (Å²) in [7, 11) is 0. The van der Waals surface area contributed by atoms with E-state index in [2.05, 4.69) is 37.4 Å². The first kappa shape index (κ1) is 12.4. The Kier molecular flexibility index (Phi) is 3.72. The normalized spacial score (nSPS) is 15.5. The van der Waals surface area contributed by atoms with Gasteiger partial charge in [0.2, 0.25) is 0 Å². The minimum absolute atomic E-state index is 0.0596. The highest BCUT2D eigenvalue weighted by Gasteiger charge is 2.16. The fraction of sp³-hybridized carbons (Fsp3) is 0.600. The molecule has 1 aliphatic carbocycles. The first-order chi connectivity index (χ1) is 8.11. The van der Waals surface area contributed by atoms with Crippen molar-refractivity contribution >= 4 is 5.69 Å². The van der Waals surface area contributed by atoms with Crippen LogP contribution >= 0.6 is 0 Å². The van der Waals surface area contributed by atoms with E-state index in [0.717, 1.165) is 6.54 Å². The molecular formula is C15H23NO. The van der Waals surface area contributed by atoms with Gasteiger partial charge in [0.15, 0.2) is 0 Å². The Hall–Kier alpha value is -1.02. The van der Waals surface area contributed by atoms with Gasteiger partial charge in [-0.05, 0) is 48.9 Å². The number of aliphatic hydroxyl groups excluding tert-OH is 1. The number of benzene rings is 1. The van der Waals surface area contributed by atoms with Crippen molar-refractivity contribution in [1.29, 1.82) is 0 Å². The van der Waals surface area contributed by atoms with Crippen LogP contribution in [0.5, 0.6) is 0 Å². The van der Waals surface area contributed by atoms with Crippen molar-refractivity contribution in [1.82, 2.24) is 0 Å². The molecule has 2 nitrogen and oxygen atoms in total. The summed E-state index contributed by atoms with van der Waals surface area (Å²) in [5.41, 5.74) is 4.15. The van der Waals surface area contributed by atoms with Gasteiger partial charge < -0.3 is 10.4 Å². The molecule has 1 aliphatic rings. The highest BCUT2D eigenvalue weighted by molar-refractivity contribution is 5.49. The molecule has 0 radical (unpaired) electrons. The lowest BCUT2D eigenvalue weighted by Crippen LogP contribution is -2.26. The summed E-state index contributed by atoms with van der Waals surface area (Å²) in [5, 5.41) is 12.7. The summed E-state index contributed by atoms with van der Waals surface area (Å²) in [6.07, 6.45) is 5.10. The van der Waals surface area contributed by atoms with Crippen molar-refractivity contribution in [2.24, 2.45) is 5.41 Å². The SMILES string of the molecule is CC(C)(CO)CNc1ccc2c(c1)CCCC2. The van der Waals surface area contributed by atoms with E-state index >= 15 is 0 Å². The topological polar surface area (TPSA) is 32.3 Å². The Morgan fingerprint density at radius 2 is 1.88 bits per heavy atom. The van der Waals surface area contributed by atoms with E-state index in [1.165, 1.54) is 42.5 Å². The lowest BCUT2D eigenvalue weighted by molar-refractivity contribution is 0.171. The Labute approximate surface area is 104 Å². The van der Waals surface area contributed by atoms with Crippen molar-refractivity contribution in [3.63, 3.8) is 0 Å². The number of rotatable bonds is 4. The van der Waals surface area contributed by atoms with Crippen LogP contribution in [0.1, 0.15) is 37.8 Å². The maximum atomic E-state index is 9.22. The highest BCUT2D eigenvalue weighted by Crippen LogP contribution is 2.25. The molecule has 0 aromatic heterocycles. The molecule has 0 aliphatic heterocycles. The van der Waals surface area contributed by atoms with Gasteiger partial charge in [-0.3, -0.25) is 0 Å². The number of hydrogen-bond acceptors (Lipinski definition) is 2. The van der Waals surface area contributed by atoms with Gasteiger partial charge in [0.25, 0.3) is 0 Å². The van der Waals surface area contributed by atoms with Crippen LogP contribution in [0.4, 0.5) is 5.69 Å². The lowest BCUT2D eigenvalue weighted by atomic mass is 9.91. The van der Waals surface area contributed by atoms with Crippen molar-refractivity contribution in [3.05, 3.63) is 29.3 Å². The van der Waals surface area contributed by atoms with Crippen LogP contribution in [0.3, 0.4) is 0 Å². The van der Waals surface area contributed by atoms with Gasteiger partial charge in [0.1, 0.15) is 0 Å². The number of hydrogen-bond donors (Lipinski definition) is 2. The minimum atomic E-state index is -0.0596. The van der Waals surface area contributed by atoms with Gasteiger partial charge in [-0.25, -0.2) is 0 Å². The molecule has 2 heteroatoms. The highest BCUT2D eigenvalue weighted by atomic mass is 16.3. The van der Waals surface area contributed by atoms with E-state index in [0.29, 0.717) is 0 Å². The van der Waals surface area contributed by atoms with E-state index in [1.54, 1.807) is 0 Å². The van der Waals surface area contributed by atoms with Crippen LogP contribution in [0.2, 0.25) is 0 Å². The molecule has 94 valence electrons. The molecule has 0 saturated carbocycles. The van der Waals surface area contributed by atoms with Crippen LogP contribution < -0.4 is 5.32 Å². The van der Waals surface area contributed by atoms with Crippen molar-refractivity contribution in [3.8, 4) is 0 Å². The van der Waals surface area contributed by atoms with E-state index in [9.17, 15) is 5.11 Å². The van der Waals surface area contributed by atoms with Gasteiger partial charge in [0, 0.05) is 24.3 Å². The van der Waals surface area contributed by atoms with Crippen LogP contribution in [0, 0.1) is 5.41 Å². The molecular weight excluding hydrogens is 210 g/mol. The third kappa shape index (κ3) is 3.22. The van der Waals surface area contributed by atoms with Crippen molar-refractivity contribution in [2.45, 2.75) is 39.5 Å². The van der Waals surface area contributed by atoms with Crippen LogP contribution in [-0.4, -0.2) is 18.3 Å². The van der Waals surface area contributed by atoms with E-state index in [1.807, 2.05) is 0 Å². The fourth-order valence-corrected chi connectivity index (χ4v) is 2.24.